The first-order chi connectivity index (χ1) is 8.70. The molecule has 6 N–H and O–H groups in total. The van der Waals surface area contributed by atoms with E-state index in [1.54, 1.807) is 13.8 Å². The van der Waals surface area contributed by atoms with E-state index in [4.69, 9.17) is 0 Å². The van der Waals surface area contributed by atoms with Crippen LogP contribution in [0.25, 0.3) is 0 Å². The highest BCUT2D eigenvalue weighted by molar-refractivity contribution is 5.81. The Balaban J connectivity index is -0.000000222. The van der Waals surface area contributed by atoms with Gasteiger partial charge in [0, 0.05) is 19.8 Å². The van der Waals surface area contributed by atoms with Crippen LogP contribution in [-0.2, 0) is 4.79 Å². The molecule has 0 aromatic heterocycles. The lowest BCUT2D eigenvalue weighted by Crippen LogP contribution is -2.37. The normalized spacial score (nSPS) is 7.32. The lowest BCUT2D eigenvalue weighted by atomic mass is 10.5. The number of hydrogen-bond donors (Lipinski definition) is 5. The molecular formula is C10H24N6O3. The van der Waals surface area contributed by atoms with Crippen molar-refractivity contribution in [3.63, 3.8) is 0 Å². The average molecular weight is 276 g/mol. The molecule has 0 bridgehead atoms. The fourth-order valence-corrected chi connectivity index (χ4v) is 0.291. The molecule has 0 rings (SSSR count). The number of carbonyl (C=O) groups excluding carboxylic acids is 3. The molecular weight excluding hydrogens is 252 g/mol. The predicted octanol–water partition coefficient (Wildman–Crippen LogP) is -0.304. The maximum atomic E-state index is 10.4. The number of nitrogens with one attached hydrogen (secondary N) is 4. The van der Waals surface area contributed by atoms with Crippen LogP contribution in [0.5, 0.6) is 0 Å². The average Bonchev–Trinajstić information content (AvgIpc) is 2.34. The SMILES string of the molecule is CC(C)=O.CNC(=O)NN.CNC(=O)NN=C(C)C. The molecule has 9 heteroatoms. The van der Waals surface area contributed by atoms with Crippen molar-refractivity contribution in [2.45, 2.75) is 27.7 Å². The number of urea groups is 2. The lowest BCUT2D eigenvalue weighted by molar-refractivity contribution is -0.114. The zero-order valence-corrected chi connectivity index (χ0v) is 12.2. The molecule has 0 unspecified atom stereocenters. The van der Waals surface area contributed by atoms with Gasteiger partial charge in [0.25, 0.3) is 0 Å². The molecule has 9 nitrogen and oxygen atoms in total. The first kappa shape index (κ1) is 22.1. The Hall–Kier alpha value is -2.16. The Morgan fingerprint density at radius 1 is 0.895 bits per heavy atom. The molecule has 0 saturated carbocycles. The van der Waals surface area contributed by atoms with E-state index in [1.165, 1.54) is 27.9 Å². The van der Waals surface area contributed by atoms with Gasteiger partial charge in [0.2, 0.25) is 0 Å². The molecule has 0 aromatic rings. The second-order valence-electron chi connectivity index (χ2n) is 3.38. The van der Waals surface area contributed by atoms with Gasteiger partial charge in [-0.1, -0.05) is 0 Å². The highest BCUT2D eigenvalue weighted by Crippen LogP contribution is 1.68. The van der Waals surface area contributed by atoms with Crippen molar-refractivity contribution < 1.29 is 14.4 Å². The number of hydrazone groups is 1. The monoisotopic (exact) mass is 276 g/mol. The summed E-state index contributed by atoms with van der Waals surface area (Å²) in [5, 5.41) is 8.25. The van der Waals surface area contributed by atoms with Gasteiger partial charge in [-0.2, -0.15) is 5.10 Å². The van der Waals surface area contributed by atoms with Crippen molar-refractivity contribution >= 4 is 23.6 Å². The first-order valence-electron chi connectivity index (χ1n) is 5.35. The van der Waals surface area contributed by atoms with Crippen molar-refractivity contribution in [3.8, 4) is 0 Å². The smallest absolute Gasteiger partial charge is 0.334 e. The van der Waals surface area contributed by atoms with Crippen LogP contribution in [0.3, 0.4) is 0 Å². The van der Waals surface area contributed by atoms with Gasteiger partial charge in [0.1, 0.15) is 5.78 Å². The third-order valence-corrected chi connectivity index (χ3v) is 0.966. The van der Waals surface area contributed by atoms with Gasteiger partial charge in [-0.15, -0.1) is 0 Å². The summed E-state index contributed by atoms with van der Waals surface area (Å²) in [5.74, 6) is 4.79. The van der Waals surface area contributed by atoms with E-state index >= 15 is 0 Å². The number of rotatable bonds is 1. The summed E-state index contributed by atoms with van der Waals surface area (Å²) in [6.07, 6.45) is 0. The van der Waals surface area contributed by atoms with Crippen molar-refractivity contribution in [3.05, 3.63) is 0 Å². The molecule has 0 atom stereocenters. The summed E-state index contributed by atoms with van der Waals surface area (Å²) in [6.45, 7) is 6.66. The Morgan fingerprint density at radius 2 is 1.26 bits per heavy atom. The Kier molecular flexibility index (Phi) is 18.4. The molecule has 0 fully saturated rings. The standard InChI is InChI=1S/C5H11N3O.C3H6O.C2H7N3O/c1-4(2)7-8-5(9)6-3;1-3(2)4;1-4-2(6)5-3/h1-3H3,(H2,6,8,9);1-2H3;3H2,1H3,(H2,4,5,6). The summed E-state index contributed by atoms with van der Waals surface area (Å²) in [5.41, 5.74) is 4.95. The molecule has 0 saturated heterocycles. The molecule has 0 aliphatic rings. The van der Waals surface area contributed by atoms with Crippen molar-refractivity contribution in [2.75, 3.05) is 14.1 Å². The van der Waals surface area contributed by atoms with Crippen LogP contribution in [0.15, 0.2) is 5.10 Å². The molecule has 4 amide bonds. The maximum absolute atomic E-state index is 10.4. The third kappa shape index (κ3) is 38.8. The molecule has 0 aliphatic carbocycles. The molecule has 112 valence electrons. The number of carbonyl (C=O) groups is 3. The number of Topliss-reactive ketones (excluding diaryl/α,β-unsaturated/α-hetero) is 1. The summed E-state index contributed by atoms with van der Waals surface area (Å²) >= 11 is 0. The zero-order valence-electron chi connectivity index (χ0n) is 12.2. The quantitative estimate of drug-likeness (QED) is 0.194. The predicted molar refractivity (Wildman–Crippen MR) is 74.5 cm³/mol. The van der Waals surface area contributed by atoms with E-state index in [-0.39, 0.29) is 17.8 Å². The van der Waals surface area contributed by atoms with Crippen LogP contribution >= 0.6 is 0 Å². The van der Waals surface area contributed by atoms with Crippen LogP contribution < -0.4 is 27.3 Å². The Bertz CT molecular complexity index is 290. The second kappa shape index (κ2) is 15.8. The van der Waals surface area contributed by atoms with E-state index in [2.05, 4.69) is 27.0 Å². The van der Waals surface area contributed by atoms with E-state index in [9.17, 15) is 14.4 Å². The van der Waals surface area contributed by atoms with E-state index in [0.29, 0.717) is 0 Å². The van der Waals surface area contributed by atoms with Crippen LogP contribution in [0.2, 0.25) is 0 Å². The summed E-state index contributed by atoms with van der Waals surface area (Å²) in [7, 11) is 3.03. The molecule has 19 heavy (non-hydrogen) atoms. The number of nitrogens with two attached hydrogens (primary N) is 1. The van der Waals surface area contributed by atoms with Crippen LogP contribution in [-0.4, -0.2) is 37.7 Å². The minimum Gasteiger partial charge on any atom is -0.340 e. The lowest BCUT2D eigenvalue weighted by Gasteiger charge is -1.95. The largest absolute Gasteiger partial charge is 0.340 e. The van der Waals surface area contributed by atoms with E-state index in [1.807, 2.05) is 5.43 Å². The van der Waals surface area contributed by atoms with Gasteiger partial charge in [-0.05, 0) is 27.7 Å². The van der Waals surface area contributed by atoms with Gasteiger partial charge < -0.3 is 15.4 Å². The summed E-state index contributed by atoms with van der Waals surface area (Å²) in [4.78, 5) is 29.7. The summed E-state index contributed by atoms with van der Waals surface area (Å²) in [6, 6.07) is -0.675. The first-order valence-corrected chi connectivity index (χ1v) is 5.35. The Labute approximate surface area is 113 Å². The number of amides is 4. The molecule has 0 aliphatic heterocycles. The topological polar surface area (TPSA) is 138 Å². The molecule has 0 aromatic carbocycles. The number of nitrogens with zero attached hydrogens (tertiary/aromatic N) is 1. The van der Waals surface area contributed by atoms with Gasteiger partial charge in [-0.25, -0.2) is 20.9 Å². The van der Waals surface area contributed by atoms with Gasteiger partial charge in [0.15, 0.2) is 0 Å². The maximum Gasteiger partial charge on any atom is 0.334 e. The minimum atomic E-state index is -0.380. The fourth-order valence-electron chi connectivity index (χ4n) is 0.291. The zero-order chi connectivity index (χ0) is 15.8. The van der Waals surface area contributed by atoms with E-state index in [0.717, 1.165) is 5.71 Å². The highest BCUT2D eigenvalue weighted by Gasteiger charge is 1.88. The molecule has 0 heterocycles. The highest BCUT2D eigenvalue weighted by atomic mass is 16.2. The minimum absolute atomic E-state index is 0.167. The van der Waals surface area contributed by atoms with E-state index < -0.39 is 0 Å². The Morgan fingerprint density at radius 3 is 1.42 bits per heavy atom. The number of hydrogen-bond acceptors (Lipinski definition) is 5. The van der Waals surface area contributed by atoms with Crippen LogP contribution in [0.4, 0.5) is 9.59 Å². The van der Waals surface area contributed by atoms with Crippen molar-refractivity contribution in [1.29, 1.82) is 0 Å². The van der Waals surface area contributed by atoms with Gasteiger partial charge in [0.05, 0.1) is 0 Å². The molecule has 0 radical (unpaired) electrons. The second-order valence-corrected chi connectivity index (χ2v) is 3.38. The van der Waals surface area contributed by atoms with Gasteiger partial charge in [-0.3, -0.25) is 5.43 Å². The van der Waals surface area contributed by atoms with Crippen molar-refractivity contribution in [2.24, 2.45) is 10.9 Å². The summed E-state index contributed by atoms with van der Waals surface area (Å²) < 4.78 is 0. The van der Waals surface area contributed by atoms with Gasteiger partial charge >= 0.3 is 12.1 Å². The van der Waals surface area contributed by atoms with Crippen LogP contribution in [0, 0.1) is 0 Å². The van der Waals surface area contributed by atoms with Crippen molar-refractivity contribution in [1.82, 2.24) is 21.5 Å². The molecule has 0 spiro atoms. The number of ketones is 1. The fraction of sp³-hybridized carbons (Fsp3) is 0.600. The third-order valence-electron chi connectivity index (χ3n) is 0.966. The van der Waals surface area contributed by atoms with Crippen LogP contribution in [0.1, 0.15) is 27.7 Å². The number of hydrazine groups is 1.